The highest BCUT2D eigenvalue weighted by Crippen LogP contribution is 2.25. The van der Waals surface area contributed by atoms with Crippen molar-refractivity contribution in [3.8, 4) is 0 Å². The van der Waals surface area contributed by atoms with Crippen LogP contribution in [0.4, 0.5) is 0 Å². The largest absolute Gasteiger partial charge is 0.303 e. The number of hydrogen-bond donors (Lipinski definition) is 0. The molecule has 0 aliphatic heterocycles. The lowest BCUT2D eigenvalue weighted by Gasteiger charge is -2.05. The Bertz CT molecular complexity index is 286. The van der Waals surface area contributed by atoms with Gasteiger partial charge in [-0.05, 0) is 30.2 Å². The number of halogens is 2. The van der Waals surface area contributed by atoms with E-state index in [9.17, 15) is 4.79 Å². The lowest BCUT2D eigenvalue weighted by Crippen LogP contribution is -1.91. The van der Waals surface area contributed by atoms with Crippen molar-refractivity contribution in [1.29, 1.82) is 0 Å². The Morgan fingerprint density at radius 2 is 2.25 bits per heavy atom. The third kappa shape index (κ3) is 2.08. The van der Waals surface area contributed by atoms with Crippen molar-refractivity contribution in [2.24, 2.45) is 0 Å². The summed E-state index contributed by atoms with van der Waals surface area (Å²) in [6, 6.07) is 3.75. The van der Waals surface area contributed by atoms with E-state index in [2.05, 4.69) is 15.9 Å². The number of hydrogen-bond acceptors (Lipinski definition) is 1. The number of benzene rings is 1. The number of carbonyl (C=O) groups is 1. The molecule has 0 heterocycles. The van der Waals surface area contributed by atoms with E-state index in [1.807, 2.05) is 13.0 Å². The fourth-order valence-electron chi connectivity index (χ4n) is 1.07. The Kier molecular flexibility index (Phi) is 3.29. The summed E-state index contributed by atoms with van der Waals surface area (Å²) in [5.41, 5.74) is 1.95. The van der Waals surface area contributed by atoms with Gasteiger partial charge in [-0.2, -0.15) is 0 Å². The summed E-state index contributed by atoms with van der Waals surface area (Å²) in [6.07, 6.45) is 1.25. The van der Waals surface area contributed by atoms with Gasteiger partial charge < -0.3 is 4.79 Å². The van der Waals surface area contributed by atoms with E-state index in [-0.39, 0.29) is 0 Å². The van der Waals surface area contributed by atoms with E-state index >= 15 is 0 Å². The first kappa shape index (κ1) is 9.75. The van der Waals surface area contributed by atoms with Gasteiger partial charge in [0, 0.05) is 15.9 Å². The molecule has 64 valence electrons. The average molecular weight is 248 g/mol. The normalized spacial score (nSPS) is 9.92. The van der Waals surface area contributed by atoms with Crippen LogP contribution in [0.5, 0.6) is 0 Å². The van der Waals surface area contributed by atoms with Gasteiger partial charge in [0.15, 0.2) is 0 Å². The molecule has 3 heteroatoms. The molecule has 12 heavy (non-hydrogen) atoms. The Morgan fingerprint density at radius 3 is 2.75 bits per heavy atom. The molecule has 0 fully saturated rings. The Labute approximate surface area is 84.9 Å². The van der Waals surface area contributed by atoms with Crippen LogP contribution >= 0.6 is 27.5 Å². The van der Waals surface area contributed by atoms with Gasteiger partial charge in [-0.25, -0.2) is 0 Å². The summed E-state index contributed by atoms with van der Waals surface area (Å²) in [5.74, 6) is 0. The number of rotatable bonds is 2. The topological polar surface area (TPSA) is 17.1 Å². The van der Waals surface area contributed by atoms with Crippen molar-refractivity contribution in [3.63, 3.8) is 0 Å². The van der Waals surface area contributed by atoms with Crippen molar-refractivity contribution < 1.29 is 4.79 Å². The lowest BCUT2D eigenvalue weighted by atomic mass is 10.1. The molecule has 0 saturated heterocycles. The monoisotopic (exact) mass is 246 g/mol. The van der Waals surface area contributed by atoms with E-state index in [4.69, 9.17) is 11.6 Å². The van der Waals surface area contributed by atoms with Crippen LogP contribution in [-0.2, 0) is 11.2 Å². The van der Waals surface area contributed by atoms with E-state index < -0.39 is 0 Å². The molecule has 0 amide bonds. The van der Waals surface area contributed by atoms with Crippen molar-refractivity contribution >= 4 is 33.8 Å². The third-order valence-corrected chi connectivity index (χ3v) is 2.47. The van der Waals surface area contributed by atoms with Crippen LogP contribution < -0.4 is 0 Å². The van der Waals surface area contributed by atoms with Crippen molar-refractivity contribution in [1.82, 2.24) is 0 Å². The summed E-state index contributed by atoms with van der Waals surface area (Å²) >= 11 is 9.25. The molecule has 0 aliphatic rings. The molecule has 0 radical (unpaired) electrons. The van der Waals surface area contributed by atoms with Crippen molar-refractivity contribution in [2.45, 2.75) is 13.3 Å². The van der Waals surface area contributed by atoms with Crippen LogP contribution in [0.1, 0.15) is 11.1 Å². The quantitative estimate of drug-likeness (QED) is 0.734. The summed E-state index contributed by atoms with van der Waals surface area (Å²) in [6.45, 7) is 1.94. The van der Waals surface area contributed by atoms with Crippen LogP contribution in [0.3, 0.4) is 0 Å². The van der Waals surface area contributed by atoms with Crippen LogP contribution in [-0.4, -0.2) is 6.29 Å². The number of carbonyl (C=O) groups excluding carboxylic acids is 1. The highest BCUT2D eigenvalue weighted by Gasteiger charge is 2.04. The predicted molar refractivity (Wildman–Crippen MR) is 53.7 cm³/mol. The number of aldehydes is 1. The molecule has 1 aromatic carbocycles. The van der Waals surface area contributed by atoms with Gasteiger partial charge in [0.2, 0.25) is 0 Å². The van der Waals surface area contributed by atoms with Crippen molar-refractivity contribution in [2.75, 3.05) is 0 Å². The molecule has 0 spiro atoms. The molecule has 0 atom stereocenters. The van der Waals surface area contributed by atoms with E-state index in [0.717, 1.165) is 21.9 Å². The second-order valence-electron chi connectivity index (χ2n) is 2.55. The van der Waals surface area contributed by atoms with Crippen molar-refractivity contribution in [3.05, 3.63) is 32.8 Å². The molecular formula is C9H8BrClO. The smallest absolute Gasteiger partial charge is 0.124 e. The average Bonchev–Trinajstić information content (AvgIpc) is 1.96. The van der Waals surface area contributed by atoms with Gasteiger partial charge in [0.1, 0.15) is 6.29 Å². The predicted octanol–water partition coefficient (Wildman–Crippen LogP) is 3.15. The third-order valence-electron chi connectivity index (χ3n) is 1.67. The Hall–Kier alpha value is -0.340. The van der Waals surface area contributed by atoms with Gasteiger partial charge >= 0.3 is 0 Å². The highest BCUT2D eigenvalue weighted by molar-refractivity contribution is 9.10. The minimum Gasteiger partial charge on any atom is -0.303 e. The minimum atomic E-state index is 0.387. The molecule has 1 nitrogen and oxygen atoms in total. The molecule has 0 N–H and O–H groups in total. The Morgan fingerprint density at radius 1 is 1.58 bits per heavy atom. The van der Waals surface area contributed by atoms with Gasteiger partial charge in [-0.15, -0.1) is 0 Å². The molecule has 0 aliphatic carbocycles. The molecule has 1 aromatic rings. The van der Waals surface area contributed by atoms with E-state index in [1.54, 1.807) is 6.07 Å². The SMILES string of the molecule is Cc1cc(Br)cc(Cl)c1CC=O. The maximum Gasteiger partial charge on any atom is 0.124 e. The van der Waals surface area contributed by atoms with Crippen LogP contribution in [0.2, 0.25) is 5.02 Å². The van der Waals surface area contributed by atoms with Crippen LogP contribution in [0.25, 0.3) is 0 Å². The zero-order chi connectivity index (χ0) is 9.14. The molecule has 0 unspecified atom stereocenters. The lowest BCUT2D eigenvalue weighted by molar-refractivity contribution is -0.107. The van der Waals surface area contributed by atoms with E-state index in [1.165, 1.54) is 0 Å². The second kappa shape index (κ2) is 4.06. The first-order chi connectivity index (χ1) is 5.65. The molecule has 0 aromatic heterocycles. The van der Waals surface area contributed by atoms with Gasteiger partial charge in [0.05, 0.1) is 0 Å². The zero-order valence-electron chi connectivity index (χ0n) is 6.60. The summed E-state index contributed by atoms with van der Waals surface area (Å²) in [5, 5.41) is 0.647. The molecular weight excluding hydrogens is 239 g/mol. The van der Waals surface area contributed by atoms with Crippen LogP contribution in [0, 0.1) is 6.92 Å². The van der Waals surface area contributed by atoms with Gasteiger partial charge in [-0.1, -0.05) is 27.5 Å². The highest BCUT2D eigenvalue weighted by atomic mass is 79.9. The summed E-state index contributed by atoms with van der Waals surface area (Å²) in [4.78, 5) is 10.3. The molecule has 0 bridgehead atoms. The Balaban J connectivity index is 3.18. The minimum absolute atomic E-state index is 0.387. The first-order valence-corrected chi connectivity index (χ1v) is 4.70. The van der Waals surface area contributed by atoms with Gasteiger partial charge in [-0.3, -0.25) is 0 Å². The first-order valence-electron chi connectivity index (χ1n) is 3.53. The van der Waals surface area contributed by atoms with Crippen LogP contribution in [0.15, 0.2) is 16.6 Å². The zero-order valence-corrected chi connectivity index (χ0v) is 8.95. The number of aryl methyl sites for hydroxylation is 1. The standard InChI is InChI=1S/C9H8BrClO/c1-6-4-7(10)5-9(11)8(6)2-3-12/h3-5H,2H2,1H3. The fraction of sp³-hybridized carbons (Fsp3) is 0.222. The molecule has 0 saturated carbocycles. The summed E-state index contributed by atoms with van der Waals surface area (Å²) in [7, 11) is 0. The second-order valence-corrected chi connectivity index (χ2v) is 3.88. The maximum atomic E-state index is 10.3. The van der Waals surface area contributed by atoms with E-state index in [0.29, 0.717) is 11.4 Å². The molecule has 1 rings (SSSR count). The fourth-order valence-corrected chi connectivity index (χ4v) is 2.12. The summed E-state index contributed by atoms with van der Waals surface area (Å²) < 4.78 is 0.944. The maximum absolute atomic E-state index is 10.3. The van der Waals surface area contributed by atoms with Gasteiger partial charge in [0.25, 0.3) is 0 Å².